The number of aliphatic carboxylic acids is 1. The lowest BCUT2D eigenvalue weighted by Gasteiger charge is -2.23. The lowest BCUT2D eigenvalue weighted by Crippen LogP contribution is -2.15. The lowest BCUT2D eigenvalue weighted by molar-refractivity contribution is -0.137. The van der Waals surface area contributed by atoms with Crippen molar-refractivity contribution in [1.82, 2.24) is 5.01 Å². The summed E-state index contributed by atoms with van der Waals surface area (Å²) >= 11 is 11.7. The number of benzene rings is 3. The van der Waals surface area contributed by atoms with Crippen molar-refractivity contribution < 1.29 is 32.9 Å². The van der Waals surface area contributed by atoms with E-state index in [1.807, 2.05) is 0 Å². The van der Waals surface area contributed by atoms with Gasteiger partial charge in [-0.05, 0) is 47.5 Å². The molecule has 11 heteroatoms. The lowest BCUT2D eigenvalue weighted by atomic mass is 9.93. The monoisotopic (exact) mass is 538 g/mol. The predicted octanol–water partition coefficient (Wildman–Crippen LogP) is 6.78. The number of carbonyl (C=O) groups is 1. The second-order valence-corrected chi connectivity index (χ2v) is 8.97. The van der Waals surface area contributed by atoms with Crippen LogP contribution in [0.2, 0.25) is 10.0 Å². The van der Waals surface area contributed by atoms with Crippen LogP contribution in [-0.2, 0) is 17.6 Å². The van der Waals surface area contributed by atoms with Crippen molar-refractivity contribution in [1.29, 1.82) is 0 Å². The van der Waals surface area contributed by atoms with E-state index < -0.39 is 28.8 Å². The van der Waals surface area contributed by atoms with Crippen molar-refractivity contribution in [3.8, 4) is 22.6 Å². The molecule has 188 valence electrons. The van der Waals surface area contributed by atoms with Crippen LogP contribution in [0.1, 0.15) is 29.2 Å². The van der Waals surface area contributed by atoms with Gasteiger partial charge in [-0.25, -0.2) is 4.79 Å². The molecule has 0 radical (unpaired) electrons. The van der Waals surface area contributed by atoms with Crippen molar-refractivity contribution >= 4 is 34.9 Å². The van der Waals surface area contributed by atoms with Crippen LogP contribution in [0.25, 0.3) is 11.1 Å². The van der Waals surface area contributed by atoms with Crippen molar-refractivity contribution in [2.24, 2.45) is 5.10 Å². The van der Waals surface area contributed by atoms with Crippen molar-refractivity contribution in [2.75, 3.05) is 7.05 Å². The van der Waals surface area contributed by atoms with Crippen LogP contribution in [0.15, 0.2) is 59.7 Å². The fourth-order valence-corrected chi connectivity index (χ4v) is 4.30. The minimum atomic E-state index is -4.72. The first-order valence-electron chi connectivity index (χ1n) is 10.6. The largest absolute Gasteiger partial charge is 0.507 e. The summed E-state index contributed by atoms with van der Waals surface area (Å²) in [6.45, 7) is 0.0538. The summed E-state index contributed by atoms with van der Waals surface area (Å²) in [5.74, 6) is -1.42. The van der Waals surface area contributed by atoms with Crippen molar-refractivity contribution in [3.05, 3.63) is 81.3 Å². The summed E-state index contributed by atoms with van der Waals surface area (Å²) in [6.07, 6.45) is -4.72. The number of hydrogen-bond acceptors (Lipinski definition) is 5. The van der Waals surface area contributed by atoms with E-state index in [1.54, 1.807) is 31.3 Å². The van der Waals surface area contributed by atoms with Gasteiger partial charge in [-0.3, -0.25) is 5.01 Å². The molecule has 4 rings (SSSR count). The Labute approximate surface area is 214 Å². The van der Waals surface area contributed by atoms with Crippen LogP contribution in [0.5, 0.6) is 11.5 Å². The van der Waals surface area contributed by atoms with E-state index >= 15 is 0 Å². The molecule has 1 atom stereocenters. The molecule has 0 saturated carbocycles. The van der Waals surface area contributed by atoms with Crippen molar-refractivity contribution in [3.63, 3.8) is 0 Å². The normalized spacial score (nSPS) is 15.7. The van der Waals surface area contributed by atoms with Gasteiger partial charge in [0.05, 0.1) is 22.2 Å². The number of phenolic OH excluding ortho intramolecular Hbond substituents is 1. The highest BCUT2D eigenvalue weighted by Gasteiger charge is 2.35. The third-order valence-electron chi connectivity index (χ3n) is 5.76. The van der Waals surface area contributed by atoms with E-state index in [0.717, 1.165) is 17.7 Å². The number of carboxylic acids is 1. The number of hydrogen-bond donors (Lipinski definition) is 2. The van der Waals surface area contributed by atoms with Gasteiger partial charge in [0.15, 0.2) is 0 Å². The molecule has 6 nitrogen and oxygen atoms in total. The van der Waals surface area contributed by atoms with Crippen LogP contribution >= 0.6 is 23.2 Å². The maximum atomic E-state index is 13.6. The zero-order valence-electron chi connectivity index (χ0n) is 18.7. The van der Waals surface area contributed by atoms with Crippen LogP contribution in [0.3, 0.4) is 0 Å². The standard InChI is InChI=1S/C25H19Cl2F3N2O4/c1-32-20(11-19(31-32)24(34)35)16-7-9-21(36-12-13-2-5-15(26)6-3-13)22(23(16)33)14-4-8-18(27)17(10-14)25(28,29)30/h2-10,20,33H,11-12H2,1H3,(H,34,35). The van der Waals surface area contributed by atoms with Gasteiger partial charge in [0, 0.05) is 24.1 Å². The summed E-state index contributed by atoms with van der Waals surface area (Å²) < 4.78 is 46.6. The molecule has 0 saturated heterocycles. The molecule has 36 heavy (non-hydrogen) atoms. The van der Waals surface area contributed by atoms with E-state index in [1.165, 1.54) is 23.2 Å². The first kappa shape index (κ1) is 25.7. The van der Waals surface area contributed by atoms with Gasteiger partial charge in [0.25, 0.3) is 0 Å². The number of aromatic hydroxyl groups is 1. The smallest absolute Gasteiger partial charge is 0.417 e. The zero-order valence-corrected chi connectivity index (χ0v) is 20.2. The number of nitrogens with zero attached hydrogens (tertiary/aromatic N) is 2. The second-order valence-electron chi connectivity index (χ2n) is 8.13. The minimum absolute atomic E-state index is 0.00176. The molecule has 1 aliphatic heterocycles. The Morgan fingerprint density at radius 3 is 2.44 bits per heavy atom. The minimum Gasteiger partial charge on any atom is -0.507 e. The number of phenols is 1. The van der Waals surface area contributed by atoms with Crippen LogP contribution in [0.4, 0.5) is 13.2 Å². The molecule has 0 aliphatic carbocycles. The van der Waals surface area contributed by atoms with Gasteiger partial charge < -0.3 is 14.9 Å². The zero-order chi connectivity index (χ0) is 26.2. The summed E-state index contributed by atoms with van der Waals surface area (Å²) in [5.41, 5.74) is -0.0918. The number of rotatable bonds is 6. The Bertz CT molecular complexity index is 1340. The number of halogens is 5. The van der Waals surface area contributed by atoms with E-state index in [2.05, 4.69) is 5.10 Å². The molecule has 1 aliphatic rings. The highest BCUT2D eigenvalue weighted by molar-refractivity contribution is 6.36. The summed E-state index contributed by atoms with van der Waals surface area (Å²) in [6, 6.07) is 12.5. The quantitative estimate of drug-likeness (QED) is 0.361. The van der Waals surface area contributed by atoms with Gasteiger partial charge in [-0.2, -0.15) is 18.3 Å². The third kappa shape index (κ3) is 5.22. The summed E-state index contributed by atoms with van der Waals surface area (Å²) in [5, 5.41) is 26.0. The first-order chi connectivity index (χ1) is 17.0. The van der Waals surface area contributed by atoms with Gasteiger partial charge in [-0.15, -0.1) is 0 Å². The van der Waals surface area contributed by atoms with Crippen LogP contribution in [-0.4, -0.2) is 34.0 Å². The first-order valence-corrected chi connectivity index (χ1v) is 11.3. The van der Waals surface area contributed by atoms with E-state index in [4.69, 9.17) is 27.9 Å². The molecule has 1 unspecified atom stereocenters. The average molecular weight is 539 g/mol. The molecule has 1 heterocycles. The maximum Gasteiger partial charge on any atom is 0.417 e. The molecule has 0 amide bonds. The molecule has 3 aromatic carbocycles. The maximum absolute atomic E-state index is 13.6. The van der Waals surface area contributed by atoms with Gasteiger partial charge in [0.2, 0.25) is 0 Å². The highest BCUT2D eigenvalue weighted by atomic mass is 35.5. The average Bonchev–Trinajstić information content (AvgIpc) is 3.20. The Kier molecular flexibility index (Phi) is 7.06. The van der Waals surface area contributed by atoms with Crippen molar-refractivity contribution in [2.45, 2.75) is 25.2 Å². The van der Waals surface area contributed by atoms with Gasteiger partial charge in [0.1, 0.15) is 23.8 Å². The Morgan fingerprint density at radius 2 is 1.83 bits per heavy atom. The van der Waals surface area contributed by atoms with E-state index in [9.17, 15) is 28.2 Å². The van der Waals surface area contributed by atoms with Gasteiger partial charge in [-0.1, -0.05) is 41.4 Å². The van der Waals surface area contributed by atoms with E-state index in [-0.39, 0.29) is 46.9 Å². The molecular weight excluding hydrogens is 520 g/mol. The van der Waals surface area contributed by atoms with Crippen LogP contribution < -0.4 is 4.74 Å². The summed E-state index contributed by atoms with van der Waals surface area (Å²) in [7, 11) is 1.55. The third-order valence-corrected chi connectivity index (χ3v) is 6.34. The molecule has 3 aromatic rings. The molecule has 2 N–H and O–H groups in total. The summed E-state index contributed by atoms with van der Waals surface area (Å²) in [4.78, 5) is 11.4. The molecule has 0 spiro atoms. The topological polar surface area (TPSA) is 82.4 Å². The number of carboxylic acid groups (broad SMARTS) is 1. The Morgan fingerprint density at radius 1 is 1.14 bits per heavy atom. The Hall–Kier alpha value is -3.43. The van der Waals surface area contributed by atoms with Crippen LogP contribution in [0, 0.1) is 0 Å². The second kappa shape index (κ2) is 9.91. The fraction of sp³-hybridized carbons (Fsp3) is 0.200. The molecular formula is C25H19Cl2F3N2O4. The number of hydrazone groups is 1. The van der Waals surface area contributed by atoms with Gasteiger partial charge >= 0.3 is 12.1 Å². The number of ether oxygens (including phenoxy) is 1. The predicted molar refractivity (Wildman–Crippen MR) is 130 cm³/mol. The molecule has 0 fully saturated rings. The highest BCUT2D eigenvalue weighted by Crippen LogP contribution is 2.47. The molecule has 0 aromatic heterocycles. The molecule has 0 bridgehead atoms. The SMILES string of the molecule is CN1N=C(C(=O)O)CC1c1ccc(OCc2ccc(Cl)cc2)c(-c2ccc(Cl)c(C(F)(F)F)c2)c1O. The number of alkyl halides is 3. The van der Waals surface area contributed by atoms with E-state index in [0.29, 0.717) is 5.02 Å². The fourth-order valence-electron chi connectivity index (χ4n) is 3.95. The Balaban J connectivity index is 1.80.